The summed E-state index contributed by atoms with van der Waals surface area (Å²) in [7, 11) is 0. The highest BCUT2D eigenvalue weighted by atomic mass is 16.3. The van der Waals surface area contributed by atoms with Gasteiger partial charge in [0.2, 0.25) is 0 Å². The van der Waals surface area contributed by atoms with Crippen molar-refractivity contribution in [3.63, 3.8) is 0 Å². The molecule has 2 heteroatoms. The van der Waals surface area contributed by atoms with E-state index in [4.69, 9.17) is 10.8 Å². The van der Waals surface area contributed by atoms with Crippen molar-refractivity contribution in [3.8, 4) is 0 Å². The van der Waals surface area contributed by atoms with Crippen LogP contribution in [0, 0.1) is 6.92 Å². The molecular formula is C8H10NO. The Bertz CT molecular complexity index is 233. The first-order valence-electron chi connectivity index (χ1n) is 3.16. The molecule has 1 aromatic carbocycles. The maximum atomic E-state index is 8.67. The molecule has 1 radical (unpaired) electrons. The Hall–Kier alpha value is -1.02. The molecule has 53 valence electrons. The van der Waals surface area contributed by atoms with Crippen molar-refractivity contribution >= 4 is 5.69 Å². The van der Waals surface area contributed by atoms with Gasteiger partial charge < -0.3 is 10.8 Å². The van der Waals surface area contributed by atoms with Crippen molar-refractivity contribution in [1.82, 2.24) is 5.73 Å². The Labute approximate surface area is 60.3 Å². The maximum Gasteiger partial charge on any atom is 0.0682 e. The summed E-state index contributed by atoms with van der Waals surface area (Å²) in [5.74, 6) is 0. The lowest BCUT2D eigenvalue weighted by Gasteiger charge is -1.99. The second-order valence-electron chi connectivity index (χ2n) is 2.31. The van der Waals surface area contributed by atoms with Gasteiger partial charge in [-0.05, 0) is 24.1 Å². The molecule has 0 aliphatic carbocycles. The molecule has 0 unspecified atom stereocenters. The van der Waals surface area contributed by atoms with Gasteiger partial charge in [0.1, 0.15) is 0 Å². The van der Waals surface area contributed by atoms with E-state index < -0.39 is 0 Å². The predicted molar refractivity (Wildman–Crippen MR) is 39.9 cm³/mol. The third kappa shape index (κ3) is 1.28. The highest BCUT2D eigenvalue weighted by Crippen LogP contribution is 2.13. The number of benzene rings is 1. The van der Waals surface area contributed by atoms with Crippen LogP contribution >= 0.6 is 0 Å². The molecule has 2 nitrogen and oxygen atoms in total. The fourth-order valence-electron chi connectivity index (χ4n) is 0.768. The summed E-state index contributed by atoms with van der Waals surface area (Å²) >= 11 is 0. The third-order valence-electron chi connectivity index (χ3n) is 1.48. The molecule has 10 heavy (non-hydrogen) atoms. The number of aliphatic hydroxyl groups is 1. The van der Waals surface area contributed by atoms with Gasteiger partial charge in [-0.2, -0.15) is 0 Å². The van der Waals surface area contributed by atoms with Crippen molar-refractivity contribution < 1.29 is 5.11 Å². The van der Waals surface area contributed by atoms with Crippen LogP contribution in [0.1, 0.15) is 11.1 Å². The van der Waals surface area contributed by atoms with Crippen molar-refractivity contribution in [2.75, 3.05) is 0 Å². The number of rotatable bonds is 1. The van der Waals surface area contributed by atoms with Gasteiger partial charge in [-0.15, -0.1) is 0 Å². The van der Waals surface area contributed by atoms with Crippen molar-refractivity contribution in [2.24, 2.45) is 0 Å². The number of hydrogen-bond acceptors (Lipinski definition) is 1. The van der Waals surface area contributed by atoms with Crippen LogP contribution in [0.4, 0.5) is 5.69 Å². The average Bonchev–Trinajstić information content (AvgIpc) is 1.95. The Morgan fingerprint density at radius 1 is 1.50 bits per heavy atom. The molecule has 0 saturated heterocycles. The summed E-state index contributed by atoms with van der Waals surface area (Å²) in [6, 6.07) is 5.34. The second kappa shape index (κ2) is 2.71. The predicted octanol–water partition coefficient (Wildman–Crippen LogP) is 1.40. The Balaban J connectivity index is 3.04. The van der Waals surface area contributed by atoms with Crippen molar-refractivity contribution in [2.45, 2.75) is 13.5 Å². The van der Waals surface area contributed by atoms with Gasteiger partial charge in [-0.1, -0.05) is 12.1 Å². The number of hydrogen-bond donors (Lipinski definition) is 1. The van der Waals surface area contributed by atoms with Gasteiger partial charge in [0.25, 0.3) is 0 Å². The summed E-state index contributed by atoms with van der Waals surface area (Å²) in [6.07, 6.45) is 0. The fraction of sp³-hybridized carbons (Fsp3) is 0.250. The molecule has 2 N–H and O–H groups in total. The summed E-state index contributed by atoms with van der Waals surface area (Å²) in [6.45, 7) is 1.90. The average molecular weight is 136 g/mol. The first-order chi connectivity index (χ1) is 4.74. The molecule has 0 saturated carbocycles. The minimum absolute atomic E-state index is 0.0200. The normalized spacial score (nSPS) is 9.80. The maximum absolute atomic E-state index is 8.67. The molecule has 0 amide bonds. The minimum atomic E-state index is 0.0200. The molecule has 0 aliphatic heterocycles. The summed E-state index contributed by atoms with van der Waals surface area (Å²) in [5.41, 5.74) is 9.59. The van der Waals surface area contributed by atoms with E-state index in [2.05, 4.69) is 0 Å². The molecule has 0 aromatic heterocycles. The summed E-state index contributed by atoms with van der Waals surface area (Å²) < 4.78 is 0. The van der Waals surface area contributed by atoms with E-state index in [0.717, 1.165) is 11.1 Å². The standard InChI is InChI=1S/C8H10NO/c1-6-2-3-7(5-10)4-8(6)9/h2-4,9-10H,5H2,1H3. The van der Waals surface area contributed by atoms with Crippen LogP contribution in [-0.2, 0) is 6.61 Å². The topological polar surface area (TPSA) is 44.0 Å². The van der Waals surface area contributed by atoms with Gasteiger partial charge in [-0.3, -0.25) is 0 Å². The van der Waals surface area contributed by atoms with Gasteiger partial charge in [0, 0.05) is 0 Å². The Kier molecular flexibility index (Phi) is 1.92. The first kappa shape index (κ1) is 7.09. The van der Waals surface area contributed by atoms with Crippen LogP contribution in [0.25, 0.3) is 0 Å². The molecule has 0 fully saturated rings. The van der Waals surface area contributed by atoms with Crippen LogP contribution in [0.15, 0.2) is 18.2 Å². The summed E-state index contributed by atoms with van der Waals surface area (Å²) in [5, 5.41) is 8.67. The number of aryl methyl sites for hydroxylation is 1. The Morgan fingerprint density at radius 3 is 2.70 bits per heavy atom. The van der Waals surface area contributed by atoms with Crippen molar-refractivity contribution in [1.29, 1.82) is 0 Å². The quantitative estimate of drug-likeness (QED) is 0.623. The minimum Gasteiger partial charge on any atom is -0.392 e. The smallest absolute Gasteiger partial charge is 0.0682 e. The van der Waals surface area contributed by atoms with Crippen LogP contribution in [-0.4, -0.2) is 5.11 Å². The molecule has 0 aliphatic rings. The zero-order chi connectivity index (χ0) is 7.56. The van der Waals surface area contributed by atoms with Crippen LogP contribution in [0.3, 0.4) is 0 Å². The molecule has 0 bridgehead atoms. The SMILES string of the molecule is Cc1ccc(CO)cc1[NH]. The first-order valence-corrected chi connectivity index (χ1v) is 3.16. The molecule has 1 aromatic rings. The molecule has 0 atom stereocenters. The molecule has 1 rings (SSSR count). The van der Waals surface area contributed by atoms with Crippen LogP contribution in [0.2, 0.25) is 0 Å². The second-order valence-corrected chi connectivity index (χ2v) is 2.31. The van der Waals surface area contributed by atoms with E-state index in [1.54, 1.807) is 6.07 Å². The van der Waals surface area contributed by atoms with Crippen molar-refractivity contribution in [3.05, 3.63) is 29.3 Å². The van der Waals surface area contributed by atoms with Crippen LogP contribution < -0.4 is 5.73 Å². The van der Waals surface area contributed by atoms with E-state index in [9.17, 15) is 0 Å². The monoisotopic (exact) mass is 136 g/mol. The third-order valence-corrected chi connectivity index (χ3v) is 1.48. The van der Waals surface area contributed by atoms with Gasteiger partial charge in [-0.25, -0.2) is 0 Å². The van der Waals surface area contributed by atoms with Gasteiger partial charge in [0.15, 0.2) is 0 Å². The summed E-state index contributed by atoms with van der Waals surface area (Å²) in [4.78, 5) is 0. The highest BCUT2D eigenvalue weighted by Gasteiger charge is 1.94. The molecular weight excluding hydrogens is 126 g/mol. The van der Waals surface area contributed by atoms with E-state index in [0.29, 0.717) is 5.69 Å². The number of nitrogens with one attached hydrogen (secondary N) is 1. The number of aliphatic hydroxyl groups excluding tert-OH is 1. The Morgan fingerprint density at radius 2 is 2.20 bits per heavy atom. The zero-order valence-corrected chi connectivity index (χ0v) is 5.89. The lowest BCUT2D eigenvalue weighted by atomic mass is 10.1. The van der Waals surface area contributed by atoms with Gasteiger partial charge >= 0.3 is 0 Å². The lowest BCUT2D eigenvalue weighted by molar-refractivity contribution is 0.282. The fourth-order valence-corrected chi connectivity index (χ4v) is 0.768. The van der Waals surface area contributed by atoms with E-state index in [1.165, 1.54) is 0 Å². The highest BCUT2D eigenvalue weighted by molar-refractivity contribution is 5.44. The molecule has 0 spiro atoms. The largest absolute Gasteiger partial charge is 0.392 e. The zero-order valence-electron chi connectivity index (χ0n) is 5.89. The molecule has 0 heterocycles. The lowest BCUT2D eigenvalue weighted by Crippen LogP contribution is -1.84. The van der Waals surface area contributed by atoms with E-state index in [-0.39, 0.29) is 6.61 Å². The van der Waals surface area contributed by atoms with Gasteiger partial charge in [0.05, 0.1) is 12.3 Å². The van der Waals surface area contributed by atoms with Crippen LogP contribution in [0.5, 0.6) is 0 Å². The van der Waals surface area contributed by atoms with E-state index in [1.807, 2.05) is 19.1 Å². The van der Waals surface area contributed by atoms with E-state index >= 15 is 0 Å².